The Balaban J connectivity index is 1.75. The van der Waals surface area contributed by atoms with Crippen LogP contribution in [-0.4, -0.2) is 52.4 Å². The van der Waals surface area contributed by atoms with Gasteiger partial charge in [-0.15, -0.1) is 11.3 Å². The monoisotopic (exact) mass is 322 g/mol. The van der Waals surface area contributed by atoms with Crippen molar-refractivity contribution in [2.75, 3.05) is 19.6 Å². The maximum absolute atomic E-state index is 11.4. The van der Waals surface area contributed by atoms with Gasteiger partial charge >= 0.3 is 0 Å². The van der Waals surface area contributed by atoms with Crippen LogP contribution in [0, 0.1) is 6.92 Å². The van der Waals surface area contributed by atoms with Crippen molar-refractivity contribution in [3.05, 3.63) is 16.1 Å². The summed E-state index contributed by atoms with van der Waals surface area (Å²) in [6, 6.07) is 1.04. The molecule has 3 rings (SSSR count). The van der Waals surface area contributed by atoms with Gasteiger partial charge in [-0.05, 0) is 45.7 Å². The molecule has 22 heavy (non-hydrogen) atoms. The zero-order chi connectivity index (χ0) is 15.5. The van der Waals surface area contributed by atoms with Crippen molar-refractivity contribution in [3.8, 4) is 0 Å². The number of nitrogens with zero attached hydrogens (tertiary/aromatic N) is 3. The second-order valence-corrected chi connectivity index (χ2v) is 7.48. The Morgan fingerprint density at radius 1 is 1.27 bits per heavy atom. The quantitative estimate of drug-likeness (QED) is 0.917. The second kappa shape index (κ2) is 7.06. The van der Waals surface area contributed by atoms with Crippen molar-refractivity contribution in [1.29, 1.82) is 0 Å². The van der Waals surface area contributed by atoms with Crippen LogP contribution in [0.3, 0.4) is 0 Å². The Morgan fingerprint density at radius 3 is 2.73 bits per heavy atom. The molecule has 0 saturated carbocycles. The average Bonchev–Trinajstić information content (AvgIpc) is 2.77. The highest BCUT2D eigenvalue weighted by Gasteiger charge is 2.36. The zero-order valence-corrected chi connectivity index (χ0v) is 14.1. The highest BCUT2D eigenvalue weighted by Crippen LogP contribution is 2.31. The van der Waals surface area contributed by atoms with Gasteiger partial charge in [-0.25, -0.2) is 4.98 Å². The third-order valence-corrected chi connectivity index (χ3v) is 5.99. The van der Waals surface area contributed by atoms with Gasteiger partial charge in [0.05, 0.1) is 17.7 Å². The lowest BCUT2D eigenvalue weighted by molar-refractivity contribution is -0.120. The minimum Gasteiger partial charge on any atom is -0.369 e. The number of nitrogens with two attached hydrogens (primary N) is 1. The molecule has 1 aromatic rings. The molecular weight excluding hydrogens is 296 g/mol. The average molecular weight is 322 g/mol. The molecule has 1 amide bonds. The van der Waals surface area contributed by atoms with Gasteiger partial charge in [-0.2, -0.15) is 0 Å². The summed E-state index contributed by atoms with van der Waals surface area (Å²) in [4.78, 5) is 22.1. The first-order chi connectivity index (χ1) is 10.6. The Hall–Kier alpha value is -0.980. The highest BCUT2D eigenvalue weighted by atomic mass is 32.1. The standard InChI is InChI=1S/C16H26N4OS/c1-12-15(22-11-18-12)9-19-8-4-6-14-13(19)5-2-3-7-20(14)10-16(17)21/h11,13-14H,2-10H2,1H3,(H2,17,21)/t13-,14-/m1/s1. The lowest BCUT2D eigenvalue weighted by Gasteiger charge is -2.44. The van der Waals surface area contributed by atoms with Gasteiger partial charge in [0.1, 0.15) is 0 Å². The van der Waals surface area contributed by atoms with E-state index in [4.69, 9.17) is 5.73 Å². The summed E-state index contributed by atoms with van der Waals surface area (Å²) >= 11 is 1.76. The van der Waals surface area contributed by atoms with Crippen LogP contribution in [0.2, 0.25) is 0 Å². The van der Waals surface area contributed by atoms with Gasteiger partial charge in [0.15, 0.2) is 0 Å². The zero-order valence-electron chi connectivity index (χ0n) is 13.3. The van der Waals surface area contributed by atoms with E-state index >= 15 is 0 Å². The third-order valence-electron chi connectivity index (χ3n) is 5.07. The van der Waals surface area contributed by atoms with E-state index in [1.165, 1.54) is 37.0 Å². The maximum atomic E-state index is 11.4. The lowest BCUT2D eigenvalue weighted by atomic mass is 9.92. The van der Waals surface area contributed by atoms with Gasteiger partial charge in [0, 0.05) is 23.5 Å². The molecule has 0 bridgehead atoms. The number of aromatic nitrogens is 1. The molecule has 0 aliphatic carbocycles. The molecule has 3 heterocycles. The van der Waals surface area contributed by atoms with Crippen molar-refractivity contribution in [2.45, 2.75) is 57.7 Å². The molecule has 0 spiro atoms. The fraction of sp³-hybridized carbons (Fsp3) is 0.750. The predicted octanol–water partition coefficient (Wildman–Crippen LogP) is 1.76. The number of aryl methyl sites for hydroxylation is 1. The topological polar surface area (TPSA) is 62.5 Å². The van der Waals surface area contributed by atoms with E-state index in [0.717, 1.165) is 25.3 Å². The van der Waals surface area contributed by atoms with E-state index in [2.05, 4.69) is 21.7 Å². The number of primary amides is 1. The number of thiazole rings is 1. The molecule has 2 atom stereocenters. The van der Waals surface area contributed by atoms with Crippen LogP contribution in [-0.2, 0) is 11.3 Å². The molecule has 2 fully saturated rings. The van der Waals surface area contributed by atoms with Crippen LogP contribution >= 0.6 is 11.3 Å². The third kappa shape index (κ3) is 3.50. The van der Waals surface area contributed by atoms with Crippen LogP contribution in [0.1, 0.15) is 42.7 Å². The molecule has 0 unspecified atom stereocenters. The van der Waals surface area contributed by atoms with E-state index in [1.807, 2.05) is 5.51 Å². The summed E-state index contributed by atoms with van der Waals surface area (Å²) in [5.74, 6) is -0.198. The van der Waals surface area contributed by atoms with Crippen molar-refractivity contribution < 1.29 is 4.79 Å². The number of likely N-dealkylation sites (tertiary alicyclic amines) is 2. The minimum absolute atomic E-state index is 0.198. The van der Waals surface area contributed by atoms with Crippen LogP contribution in [0.5, 0.6) is 0 Å². The molecule has 0 aromatic carbocycles. The molecule has 1 aromatic heterocycles. The first-order valence-electron chi connectivity index (χ1n) is 8.30. The number of hydrogen-bond acceptors (Lipinski definition) is 5. The molecule has 122 valence electrons. The maximum Gasteiger partial charge on any atom is 0.231 e. The Bertz CT molecular complexity index is 518. The molecule has 2 N–H and O–H groups in total. The van der Waals surface area contributed by atoms with Gasteiger partial charge in [-0.1, -0.05) is 6.42 Å². The molecule has 5 nitrogen and oxygen atoms in total. The SMILES string of the molecule is Cc1ncsc1CN1CCC[C@@H]2[C@H]1CCCCN2CC(N)=O. The Labute approximate surface area is 136 Å². The largest absolute Gasteiger partial charge is 0.369 e. The lowest BCUT2D eigenvalue weighted by Crippen LogP contribution is -2.55. The van der Waals surface area contributed by atoms with Crippen LogP contribution in [0.25, 0.3) is 0 Å². The molecule has 0 radical (unpaired) electrons. The number of carbonyl (C=O) groups excluding carboxylic acids is 1. The first kappa shape index (κ1) is 15.9. The van der Waals surface area contributed by atoms with Crippen molar-refractivity contribution in [1.82, 2.24) is 14.8 Å². The number of hydrogen-bond donors (Lipinski definition) is 1. The molecular formula is C16H26N4OS. The summed E-state index contributed by atoms with van der Waals surface area (Å²) < 4.78 is 0. The van der Waals surface area contributed by atoms with Gasteiger partial charge in [0.25, 0.3) is 0 Å². The summed E-state index contributed by atoms with van der Waals surface area (Å²) in [6.07, 6.45) is 6.05. The summed E-state index contributed by atoms with van der Waals surface area (Å²) in [5.41, 5.74) is 8.56. The number of piperidine rings is 1. The van der Waals surface area contributed by atoms with Crippen molar-refractivity contribution in [2.24, 2.45) is 5.73 Å². The fourth-order valence-corrected chi connectivity index (χ4v) is 4.80. The van der Waals surface area contributed by atoms with E-state index in [9.17, 15) is 4.79 Å². The van der Waals surface area contributed by atoms with Crippen LogP contribution < -0.4 is 5.73 Å². The van der Waals surface area contributed by atoms with Crippen LogP contribution in [0.4, 0.5) is 0 Å². The first-order valence-corrected chi connectivity index (χ1v) is 9.18. The highest BCUT2D eigenvalue weighted by molar-refractivity contribution is 7.09. The van der Waals surface area contributed by atoms with E-state index in [-0.39, 0.29) is 5.91 Å². The molecule has 2 aliphatic heterocycles. The summed E-state index contributed by atoms with van der Waals surface area (Å²) in [5, 5.41) is 0. The Kier molecular flexibility index (Phi) is 5.10. The number of carbonyl (C=O) groups is 1. The predicted molar refractivity (Wildman–Crippen MR) is 88.7 cm³/mol. The normalized spacial score (nSPS) is 27.3. The number of rotatable bonds is 4. The van der Waals surface area contributed by atoms with Gasteiger partial charge in [-0.3, -0.25) is 14.6 Å². The minimum atomic E-state index is -0.198. The summed E-state index contributed by atoms with van der Waals surface area (Å²) in [6.45, 7) is 5.68. The second-order valence-electron chi connectivity index (χ2n) is 6.54. The van der Waals surface area contributed by atoms with Crippen LogP contribution in [0.15, 0.2) is 5.51 Å². The van der Waals surface area contributed by atoms with Crippen molar-refractivity contribution in [3.63, 3.8) is 0 Å². The Morgan fingerprint density at radius 2 is 2.00 bits per heavy atom. The smallest absolute Gasteiger partial charge is 0.231 e. The molecule has 2 aliphatic rings. The van der Waals surface area contributed by atoms with E-state index in [1.54, 1.807) is 11.3 Å². The summed E-state index contributed by atoms with van der Waals surface area (Å²) in [7, 11) is 0. The van der Waals surface area contributed by atoms with Gasteiger partial charge < -0.3 is 5.73 Å². The molecule has 2 saturated heterocycles. The van der Waals surface area contributed by atoms with E-state index in [0.29, 0.717) is 18.6 Å². The number of amides is 1. The fourth-order valence-electron chi connectivity index (χ4n) is 4.00. The molecule has 6 heteroatoms. The van der Waals surface area contributed by atoms with E-state index < -0.39 is 0 Å². The van der Waals surface area contributed by atoms with Gasteiger partial charge in [0.2, 0.25) is 5.91 Å². The number of fused-ring (bicyclic) bond motifs is 1. The van der Waals surface area contributed by atoms with Crippen molar-refractivity contribution >= 4 is 17.2 Å².